The Morgan fingerprint density at radius 2 is 1.37 bits per heavy atom. The first-order valence-electron chi connectivity index (χ1n) is 17.2. The second-order valence-corrected chi connectivity index (χ2v) is 17.8. The Hall–Kier alpha value is -5.04. The molecule has 51 heavy (non-hydrogen) atoms. The molecule has 4 atom stereocenters. The van der Waals surface area contributed by atoms with Gasteiger partial charge in [0.15, 0.2) is 18.8 Å². The Balaban J connectivity index is 1.20. The van der Waals surface area contributed by atoms with E-state index in [0.717, 1.165) is 5.56 Å². The van der Waals surface area contributed by atoms with Crippen molar-refractivity contribution in [1.29, 1.82) is 0 Å². The largest absolute Gasteiger partial charge is 0.482 e. The molecule has 0 unspecified atom stereocenters. The number of aliphatic hydroxyl groups is 1. The number of amides is 3. The van der Waals surface area contributed by atoms with Crippen LogP contribution >= 0.6 is 0 Å². The van der Waals surface area contributed by atoms with Gasteiger partial charge in [0.1, 0.15) is 11.5 Å². The topological polar surface area (TPSA) is 109 Å². The standard InChI is InChI=1S/C39H38FN3O7Si/c1-24-37(51(2,3)40)34(18-19-44)50-39(24)28-20-27(43-31-9-5-7-11-33(31)49-23-36(43)46)16-17-29(28)41(38(39)47)21-25-12-14-26(15-13-25)42-30-8-4-6-10-32(30)48-22-35(42)45/h4-17,20,24,34,37,44H,18-19,21-23H2,1-3H3/t24-,34+,37-,39+/m1/s1. The highest BCUT2D eigenvalue weighted by molar-refractivity contribution is 6.72. The highest BCUT2D eigenvalue weighted by Gasteiger charge is 2.66. The maximum absolute atomic E-state index is 16.1. The lowest BCUT2D eigenvalue weighted by molar-refractivity contribution is -0.146. The number of aliphatic hydroxyl groups excluding tert-OH is 1. The lowest BCUT2D eigenvalue weighted by Gasteiger charge is -2.32. The Morgan fingerprint density at radius 1 is 0.804 bits per heavy atom. The molecular weight excluding hydrogens is 670 g/mol. The molecule has 4 aliphatic rings. The number of ether oxygens (including phenoxy) is 3. The first-order valence-corrected chi connectivity index (χ1v) is 20.1. The minimum absolute atomic E-state index is 0.0709. The number of benzene rings is 4. The number of rotatable bonds is 7. The summed E-state index contributed by atoms with van der Waals surface area (Å²) in [6.07, 6.45) is -0.476. The van der Waals surface area contributed by atoms with Crippen LogP contribution in [-0.2, 0) is 31.3 Å². The third-order valence-corrected chi connectivity index (χ3v) is 13.0. The zero-order chi connectivity index (χ0) is 35.7. The maximum atomic E-state index is 16.1. The summed E-state index contributed by atoms with van der Waals surface area (Å²) in [5.74, 6) is -0.151. The fourth-order valence-electron chi connectivity index (χ4n) is 8.43. The summed E-state index contributed by atoms with van der Waals surface area (Å²) in [7, 11) is -3.42. The van der Waals surface area contributed by atoms with Gasteiger partial charge in [-0.25, -0.2) is 0 Å². The quantitative estimate of drug-likeness (QED) is 0.173. The second-order valence-electron chi connectivity index (χ2n) is 14.0. The first kappa shape index (κ1) is 33.1. The molecule has 0 bridgehead atoms. The van der Waals surface area contributed by atoms with E-state index in [1.807, 2.05) is 79.7 Å². The van der Waals surface area contributed by atoms with Crippen LogP contribution < -0.4 is 24.2 Å². The molecule has 1 spiro atoms. The Morgan fingerprint density at radius 3 is 1.96 bits per heavy atom. The van der Waals surface area contributed by atoms with Gasteiger partial charge in [0.2, 0.25) is 8.41 Å². The molecule has 10 nitrogen and oxygen atoms in total. The van der Waals surface area contributed by atoms with E-state index in [0.29, 0.717) is 45.5 Å². The lowest BCUT2D eigenvalue weighted by atomic mass is 9.82. The van der Waals surface area contributed by atoms with Crippen molar-refractivity contribution in [1.82, 2.24) is 0 Å². The average Bonchev–Trinajstić information content (AvgIpc) is 3.54. The van der Waals surface area contributed by atoms with Crippen LogP contribution in [0.1, 0.15) is 24.5 Å². The first-order chi connectivity index (χ1) is 24.5. The van der Waals surface area contributed by atoms with Crippen LogP contribution in [0.25, 0.3) is 0 Å². The minimum atomic E-state index is -3.42. The number of anilines is 5. The van der Waals surface area contributed by atoms with Crippen LogP contribution in [0.4, 0.5) is 32.5 Å². The third kappa shape index (κ3) is 5.23. The van der Waals surface area contributed by atoms with E-state index < -0.39 is 31.6 Å². The molecule has 0 radical (unpaired) electrons. The average molecular weight is 708 g/mol. The minimum Gasteiger partial charge on any atom is -0.482 e. The van der Waals surface area contributed by atoms with Gasteiger partial charge < -0.3 is 28.3 Å². The monoisotopic (exact) mass is 707 g/mol. The molecule has 4 aromatic rings. The van der Waals surface area contributed by atoms with Crippen LogP contribution in [0.3, 0.4) is 0 Å². The van der Waals surface area contributed by atoms with E-state index in [9.17, 15) is 19.5 Å². The molecule has 262 valence electrons. The van der Waals surface area contributed by atoms with Crippen molar-refractivity contribution in [2.75, 3.05) is 34.5 Å². The van der Waals surface area contributed by atoms with Gasteiger partial charge in [0.05, 0.1) is 29.7 Å². The lowest BCUT2D eigenvalue weighted by Crippen LogP contribution is -2.45. The van der Waals surface area contributed by atoms with Gasteiger partial charge in [-0.3, -0.25) is 24.2 Å². The molecule has 3 amide bonds. The SMILES string of the molecule is C[C@@H]1[C@@H]([Si](C)(C)F)[C@H](CCO)O[C@@]12C(=O)N(Cc1ccc(N3C(=O)COc4ccccc43)cc1)c1ccc(N3C(=O)COc4ccccc43)cc12. The van der Waals surface area contributed by atoms with Gasteiger partial charge in [-0.15, -0.1) is 0 Å². The number of carbonyl (C=O) groups excluding carboxylic acids is 3. The zero-order valence-electron chi connectivity index (χ0n) is 28.5. The molecule has 4 aliphatic heterocycles. The maximum Gasteiger partial charge on any atom is 0.269 e. The molecule has 8 rings (SSSR count). The van der Waals surface area contributed by atoms with Crippen molar-refractivity contribution in [2.45, 2.75) is 50.2 Å². The van der Waals surface area contributed by atoms with Crippen LogP contribution in [0.2, 0.25) is 18.6 Å². The predicted octanol–water partition coefficient (Wildman–Crippen LogP) is 6.51. The summed E-state index contributed by atoms with van der Waals surface area (Å²) in [6, 6.07) is 27.5. The van der Waals surface area contributed by atoms with Crippen molar-refractivity contribution >= 4 is 54.6 Å². The number of halogens is 1. The molecule has 4 aromatic carbocycles. The van der Waals surface area contributed by atoms with E-state index in [2.05, 4.69) is 0 Å². The van der Waals surface area contributed by atoms with Crippen molar-refractivity contribution in [3.63, 3.8) is 0 Å². The van der Waals surface area contributed by atoms with E-state index >= 15 is 4.11 Å². The fourth-order valence-corrected chi connectivity index (χ4v) is 11.0. The molecule has 4 heterocycles. The summed E-state index contributed by atoms with van der Waals surface area (Å²) < 4.78 is 34.2. The Kier molecular flexibility index (Phi) is 8.00. The van der Waals surface area contributed by atoms with Gasteiger partial charge >= 0.3 is 0 Å². The van der Waals surface area contributed by atoms with E-state index in [1.54, 1.807) is 46.0 Å². The Labute approximate surface area is 296 Å². The van der Waals surface area contributed by atoms with Crippen LogP contribution in [0.15, 0.2) is 91.0 Å². The fraction of sp³-hybridized carbons (Fsp3) is 0.308. The summed E-state index contributed by atoms with van der Waals surface area (Å²) in [6.45, 7) is 4.88. The number of hydrogen-bond acceptors (Lipinski definition) is 7. The highest BCUT2D eigenvalue weighted by atomic mass is 28.4. The molecule has 1 fully saturated rings. The highest BCUT2D eigenvalue weighted by Crippen LogP contribution is 2.61. The summed E-state index contributed by atoms with van der Waals surface area (Å²) in [4.78, 5) is 46.1. The van der Waals surface area contributed by atoms with E-state index in [1.165, 1.54) is 0 Å². The van der Waals surface area contributed by atoms with E-state index in [4.69, 9.17) is 14.2 Å². The number of hydrogen-bond donors (Lipinski definition) is 1. The predicted molar refractivity (Wildman–Crippen MR) is 192 cm³/mol. The normalized spacial score (nSPS) is 24.0. The Bertz CT molecular complexity index is 2050. The molecule has 0 saturated carbocycles. The number of carbonyl (C=O) groups is 3. The number of para-hydroxylation sites is 4. The summed E-state index contributed by atoms with van der Waals surface area (Å²) in [5.41, 5.74) is 2.31. The number of fused-ring (bicyclic) bond motifs is 4. The van der Waals surface area contributed by atoms with Gasteiger partial charge in [0, 0.05) is 35.0 Å². The van der Waals surface area contributed by atoms with Gasteiger partial charge in [-0.2, -0.15) is 0 Å². The molecule has 1 saturated heterocycles. The van der Waals surface area contributed by atoms with Crippen LogP contribution in [-0.4, -0.2) is 57.2 Å². The van der Waals surface area contributed by atoms with Crippen molar-refractivity contribution < 1.29 is 37.8 Å². The van der Waals surface area contributed by atoms with E-state index in [-0.39, 0.29) is 50.5 Å². The molecule has 0 aromatic heterocycles. The second kappa shape index (κ2) is 12.3. The van der Waals surface area contributed by atoms with Crippen LogP contribution in [0, 0.1) is 5.92 Å². The molecule has 0 aliphatic carbocycles. The van der Waals surface area contributed by atoms with Crippen molar-refractivity contribution in [3.05, 3.63) is 102 Å². The molecule has 1 N–H and O–H groups in total. The smallest absolute Gasteiger partial charge is 0.269 e. The molecular formula is C39H38FN3O7Si. The van der Waals surface area contributed by atoms with Crippen molar-refractivity contribution in [2.24, 2.45) is 5.92 Å². The summed E-state index contributed by atoms with van der Waals surface area (Å²) >= 11 is 0. The zero-order valence-corrected chi connectivity index (χ0v) is 29.5. The van der Waals surface area contributed by atoms with Gasteiger partial charge in [-0.1, -0.05) is 43.3 Å². The molecule has 12 heteroatoms. The third-order valence-electron chi connectivity index (χ3n) is 10.6. The summed E-state index contributed by atoms with van der Waals surface area (Å²) in [5, 5.41) is 9.99. The number of nitrogens with zero attached hydrogens (tertiary/aromatic N) is 3. The van der Waals surface area contributed by atoms with Gasteiger partial charge in [-0.05, 0) is 79.7 Å². The van der Waals surface area contributed by atoms with Gasteiger partial charge in [0.25, 0.3) is 17.7 Å². The van der Waals surface area contributed by atoms with Crippen LogP contribution in [0.5, 0.6) is 11.5 Å². The van der Waals surface area contributed by atoms with Crippen molar-refractivity contribution in [3.8, 4) is 11.5 Å².